The normalized spacial score (nSPS) is 11.4. The van der Waals surface area contributed by atoms with Crippen molar-refractivity contribution >= 4 is 51.0 Å². The summed E-state index contributed by atoms with van der Waals surface area (Å²) in [5.74, 6) is -0.614. The van der Waals surface area contributed by atoms with Gasteiger partial charge in [0.05, 0.1) is 16.5 Å². The van der Waals surface area contributed by atoms with Crippen LogP contribution in [0, 0.1) is 0 Å². The van der Waals surface area contributed by atoms with Crippen LogP contribution >= 0.6 is 23.2 Å². The van der Waals surface area contributed by atoms with Crippen LogP contribution in [0.5, 0.6) is 11.5 Å². The molecule has 0 heterocycles. The Morgan fingerprint density at radius 3 is 2.28 bits per heavy atom. The van der Waals surface area contributed by atoms with Gasteiger partial charge in [-0.1, -0.05) is 35.3 Å². The maximum Gasteiger partial charge on any atom is 0.307 e. The molecule has 9 nitrogen and oxygen atoms in total. The fourth-order valence-corrected chi connectivity index (χ4v) is 3.92. The van der Waals surface area contributed by atoms with E-state index in [1.54, 1.807) is 48.5 Å². The summed E-state index contributed by atoms with van der Waals surface area (Å²) in [7, 11) is -0.929. The van der Waals surface area contributed by atoms with Crippen molar-refractivity contribution in [3.63, 3.8) is 0 Å². The molecule has 0 aromatic heterocycles. The second-order valence-corrected chi connectivity index (χ2v) is 10.6. The van der Waals surface area contributed by atoms with E-state index in [-0.39, 0.29) is 23.9 Å². The SMILES string of the molecule is CN(C)S(=O)(=O)NCc1cc(CC(=O)O)ccc1Oc1ccc(NC(=O)c2ccc(Cl)c(Cl)c2)cc1. The Bertz CT molecular complexity index is 1380. The van der Waals surface area contributed by atoms with E-state index in [0.717, 1.165) is 4.31 Å². The minimum atomic E-state index is -3.71. The van der Waals surface area contributed by atoms with Gasteiger partial charge in [0.1, 0.15) is 11.5 Å². The number of ether oxygens (including phenoxy) is 1. The standard InChI is InChI=1S/C24H23Cl2N3O6S/c1-29(2)36(33,34)27-14-17-11-15(12-23(30)31)3-10-22(17)35-19-7-5-18(6-8-19)28-24(32)16-4-9-20(25)21(26)13-16/h3-11,13,27H,12,14H2,1-2H3,(H,28,32)(H,30,31). The van der Waals surface area contributed by atoms with Gasteiger partial charge in [-0.2, -0.15) is 17.4 Å². The molecule has 0 bridgehead atoms. The Kier molecular flexibility index (Phi) is 8.93. The summed E-state index contributed by atoms with van der Waals surface area (Å²) >= 11 is 11.9. The van der Waals surface area contributed by atoms with Crippen molar-refractivity contribution in [2.24, 2.45) is 0 Å². The number of carbonyl (C=O) groups excluding carboxylic acids is 1. The fourth-order valence-electron chi connectivity index (χ4n) is 3.03. The number of carboxylic acids is 1. The molecule has 3 aromatic rings. The molecule has 0 fully saturated rings. The first-order valence-corrected chi connectivity index (χ1v) is 12.7. The second-order valence-electron chi connectivity index (χ2n) is 7.83. The third-order valence-corrected chi connectivity index (χ3v) is 7.14. The topological polar surface area (TPSA) is 125 Å². The van der Waals surface area contributed by atoms with Crippen molar-refractivity contribution in [3.8, 4) is 11.5 Å². The average Bonchev–Trinajstić information content (AvgIpc) is 2.81. The minimum absolute atomic E-state index is 0.110. The number of anilines is 1. The highest BCUT2D eigenvalue weighted by Crippen LogP contribution is 2.28. The highest BCUT2D eigenvalue weighted by atomic mass is 35.5. The number of carbonyl (C=O) groups is 2. The van der Waals surface area contributed by atoms with Gasteiger partial charge >= 0.3 is 5.97 Å². The first-order valence-electron chi connectivity index (χ1n) is 10.5. The van der Waals surface area contributed by atoms with Crippen LogP contribution in [0.1, 0.15) is 21.5 Å². The van der Waals surface area contributed by atoms with Crippen molar-refractivity contribution in [2.75, 3.05) is 19.4 Å². The van der Waals surface area contributed by atoms with E-state index in [1.165, 1.54) is 26.2 Å². The molecule has 0 spiro atoms. The molecular weight excluding hydrogens is 529 g/mol. The van der Waals surface area contributed by atoms with Crippen LogP contribution in [0.2, 0.25) is 10.0 Å². The predicted molar refractivity (Wildman–Crippen MR) is 138 cm³/mol. The van der Waals surface area contributed by atoms with E-state index in [9.17, 15) is 18.0 Å². The van der Waals surface area contributed by atoms with E-state index in [2.05, 4.69) is 10.0 Å². The van der Waals surface area contributed by atoms with Crippen molar-refractivity contribution < 1.29 is 27.9 Å². The number of hydrogen-bond acceptors (Lipinski definition) is 5. The molecule has 0 atom stereocenters. The van der Waals surface area contributed by atoms with E-state index in [0.29, 0.717) is 38.9 Å². The van der Waals surface area contributed by atoms with Crippen molar-refractivity contribution in [1.82, 2.24) is 9.03 Å². The number of rotatable bonds is 10. The lowest BCUT2D eigenvalue weighted by Crippen LogP contribution is -2.35. The van der Waals surface area contributed by atoms with Gasteiger partial charge in [0.25, 0.3) is 16.1 Å². The molecule has 3 rings (SSSR count). The van der Waals surface area contributed by atoms with E-state index >= 15 is 0 Å². The summed E-state index contributed by atoms with van der Waals surface area (Å²) in [5, 5.41) is 12.5. The zero-order valence-electron chi connectivity index (χ0n) is 19.3. The number of amides is 1. The van der Waals surface area contributed by atoms with Gasteiger partial charge in [0.15, 0.2) is 0 Å². The van der Waals surface area contributed by atoms with E-state index in [1.807, 2.05) is 0 Å². The molecule has 190 valence electrons. The molecule has 0 aliphatic heterocycles. The smallest absolute Gasteiger partial charge is 0.307 e. The van der Waals surface area contributed by atoms with Gasteiger partial charge in [0, 0.05) is 37.5 Å². The van der Waals surface area contributed by atoms with Crippen molar-refractivity contribution in [1.29, 1.82) is 0 Å². The number of nitrogens with zero attached hydrogens (tertiary/aromatic N) is 1. The largest absolute Gasteiger partial charge is 0.481 e. The van der Waals surface area contributed by atoms with Crippen molar-refractivity contribution in [2.45, 2.75) is 13.0 Å². The summed E-state index contributed by atoms with van der Waals surface area (Å²) in [6, 6.07) is 15.8. The minimum Gasteiger partial charge on any atom is -0.481 e. The van der Waals surface area contributed by atoms with Crippen LogP contribution in [0.15, 0.2) is 60.7 Å². The lowest BCUT2D eigenvalue weighted by atomic mass is 10.1. The Morgan fingerprint density at radius 2 is 1.67 bits per heavy atom. The van der Waals surface area contributed by atoms with Crippen LogP contribution in [0.4, 0.5) is 5.69 Å². The Hall–Kier alpha value is -3.15. The Morgan fingerprint density at radius 1 is 0.972 bits per heavy atom. The second kappa shape index (κ2) is 11.7. The van der Waals surface area contributed by atoms with Crippen LogP contribution in [-0.4, -0.2) is 43.8 Å². The van der Waals surface area contributed by atoms with Gasteiger partial charge in [-0.25, -0.2) is 0 Å². The zero-order valence-corrected chi connectivity index (χ0v) is 21.6. The highest BCUT2D eigenvalue weighted by molar-refractivity contribution is 7.87. The van der Waals surface area contributed by atoms with Crippen LogP contribution in [0.3, 0.4) is 0 Å². The molecule has 0 saturated carbocycles. The third-order valence-electron chi connectivity index (χ3n) is 4.93. The lowest BCUT2D eigenvalue weighted by Gasteiger charge is -2.16. The van der Waals surface area contributed by atoms with Gasteiger partial charge in [-0.3, -0.25) is 9.59 Å². The molecule has 12 heteroatoms. The maximum absolute atomic E-state index is 12.5. The van der Waals surface area contributed by atoms with Gasteiger partial charge in [-0.15, -0.1) is 0 Å². The summed E-state index contributed by atoms with van der Waals surface area (Å²) in [6.45, 7) is -0.110. The molecule has 0 aliphatic carbocycles. The fraction of sp³-hybridized carbons (Fsp3) is 0.167. The summed E-state index contributed by atoms with van der Waals surface area (Å²) in [6.07, 6.45) is -0.221. The summed E-state index contributed by atoms with van der Waals surface area (Å²) in [5.41, 5.74) is 1.80. The number of aliphatic carboxylic acids is 1. The summed E-state index contributed by atoms with van der Waals surface area (Å²) in [4.78, 5) is 23.6. The first kappa shape index (κ1) is 27.4. The van der Waals surface area contributed by atoms with E-state index < -0.39 is 16.2 Å². The molecular formula is C24H23Cl2N3O6S. The van der Waals surface area contributed by atoms with Gasteiger partial charge in [0.2, 0.25) is 0 Å². The highest BCUT2D eigenvalue weighted by Gasteiger charge is 2.16. The number of benzene rings is 3. The molecule has 1 amide bonds. The zero-order chi connectivity index (χ0) is 26.5. The third kappa shape index (κ3) is 7.42. The monoisotopic (exact) mass is 551 g/mol. The Labute approximate surface area is 218 Å². The van der Waals surface area contributed by atoms with Crippen molar-refractivity contribution in [3.05, 3.63) is 87.4 Å². The molecule has 0 aliphatic rings. The molecule has 0 unspecified atom stereocenters. The number of halogens is 2. The Balaban J connectivity index is 1.76. The molecule has 0 saturated heterocycles. The maximum atomic E-state index is 12.5. The molecule has 3 N–H and O–H groups in total. The number of carboxylic acid groups (broad SMARTS) is 1. The molecule has 36 heavy (non-hydrogen) atoms. The van der Waals surface area contributed by atoms with Gasteiger partial charge in [-0.05, 0) is 54.1 Å². The lowest BCUT2D eigenvalue weighted by molar-refractivity contribution is -0.136. The first-order chi connectivity index (χ1) is 16.9. The molecule has 3 aromatic carbocycles. The number of hydrogen-bond donors (Lipinski definition) is 3. The van der Waals surface area contributed by atoms with E-state index in [4.69, 9.17) is 33.0 Å². The molecule has 0 radical (unpaired) electrons. The quantitative estimate of drug-likeness (QED) is 0.339. The van der Waals surface area contributed by atoms with Gasteiger partial charge < -0.3 is 15.2 Å². The van der Waals surface area contributed by atoms with Crippen LogP contribution in [0.25, 0.3) is 0 Å². The van der Waals surface area contributed by atoms with Crippen LogP contribution < -0.4 is 14.8 Å². The number of nitrogens with one attached hydrogen (secondary N) is 2. The van der Waals surface area contributed by atoms with Crippen LogP contribution in [-0.2, 0) is 28.0 Å². The summed E-state index contributed by atoms with van der Waals surface area (Å²) < 4.78 is 33.7. The average molecular weight is 552 g/mol. The predicted octanol–water partition coefficient (Wildman–Crippen LogP) is 4.56.